The standard InChI is InChI=1S/C15H13ClN6O/c1-10-12(9-18-20-15(23)13-7-8-17-19-13)14(16)22(21-10)11-5-3-2-4-6-11/h2-9H,1H3,(H,17,19)(H,20,23). The first-order valence-electron chi connectivity index (χ1n) is 6.80. The molecule has 0 saturated carbocycles. The van der Waals surface area contributed by atoms with Gasteiger partial charge in [-0.05, 0) is 25.1 Å². The van der Waals surface area contributed by atoms with Gasteiger partial charge >= 0.3 is 0 Å². The second kappa shape index (κ2) is 6.45. The number of nitrogens with zero attached hydrogens (tertiary/aromatic N) is 4. The molecule has 2 N–H and O–H groups in total. The van der Waals surface area contributed by atoms with E-state index in [1.165, 1.54) is 12.4 Å². The molecule has 0 radical (unpaired) electrons. The molecule has 7 nitrogen and oxygen atoms in total. The number of aromatic nitrogens is 4. The summed E-state index contributed by atoms with van der Waals surface area (Å²) in [5.41, 5.74) is 4.92. The van der Waals surface area contributed by atoms with Gasteiger partial charge in [-0.25, -0.2) is 10.1 Å². The monoisotopic (exact) mass is 328 g/mol. The lowest BCUT2D eigenvalue weighted by Gasteiger charge is -2.01. The summed E-state index contributed by atoms with van der Waals surface area (Å²) in [5.74, 6) is -0.386. The van der Waals surface area contributed by atoms with Gasteiger partial charge in [0.1, 0.15) is 10.8 Å². The second-order valence-corrected chi connectivity index (χ2v) is 5.06. The van der Waals surface area contributed by atoms with Crippen molar-refractivity contribution >= 4 is 23.7 Å². The summed E-state index contributed by atoms with van der Waals surface area (Å²) >= 11 is 6.36. The third-order valence-electron chi connectivity index (χ3n) is 3.15. The molecule has 2 heterocycles. The van der Waals surface area contributed by atoms with Gasteiger partial charge in [0.2, 0.25) is 0 Å². The number of benzene rings is 1. The van der Waals surface area contributed by atoms with Crippen molar-refractivity contribution in [1.29, 1.82) is 0 Å². The Morgan fingerprint density at radius 3 is 2.83 bits per heavy atom. The van der Waals surface area contributed by atoms with Crippen molar-refractivity contribution in [2.45, 2.75) is 6.92 Å². The maximum Gasteiger partial charge on any atom is 0.289 e. The van der Waals surface area contributed by atoms with Crippen molar-refractivity contribution in [2.24, 2.45) is 5.10 Å². The number of halogens is 1. The van der Waals surface area contributed by atoms with Gasteiger partial charge < -0.3 is 0 Å². The molecule has 0 aliphatic rings. The number of aromatic amines is 1. The number of para-hydroxylation sites is 1. The highest BCUT2D eigenvalue weighted by Gasteiger charge is 2.13. The van der Waals surface area contributed by atoms with E-state index < -0.39 is 0 Å². The van der Waals surface area contributed by atoms with E-state index in [9.17, 15) is 4.79 Å². The lowest BCUT2D eigenvalue weighted by molar-refractivity contribution is 0.0950. The molecule has 0 spiro atoms. The van der Waals surface area contributed by atoms with E-state index >= 15 is 0 Å². The number of amides is 1. The molecule has 2 aromatic heterocycles. The van der Waals surface area contributed by atoms with Crippen LogP contribution in [0, 0.1) is 6.92 Å². The van der Waals surface area contributed by atoms with Crippen molar-refractivity contribution in [3.63, 3.8) is 0 Å². The first-order valence-corrected chi connectivity index (χ1v) is 7.18. The normalized spacial score (nSPS) is 11.0. The molecule has 3 rings (SSSR count). The van der Waals surface area contributed by atoms with E-state index in [1.807, 2.05) is 37.3 Å². The van der Waals surface area contributed by atoms with Crippen LogP contribution in [-0.4, -0.2) is 32.1 Å². The molecule has 8 heteroatoms. The molecule has 0 bridgehead atoms. The number of nitrogens with one attached hydrogen (secondary N) is 2. The first kappa shape index (κ1) is 15.0. The summed E-state index contributed by atoms with van der Waals surface area (Å²) in [5, 5.41) is 15.0. The van der Waals surface area contributed by atoms with Gasteiger partial charge in [0, 0.05) is 6.20 Å². The van der Waals surface area contributed by atoms with Crippen LogP contribution in [0.4, 0.5) is 0 Å². The van der Waals surface area contributed by atoms with E-state index in [2.05, 4.69) is 25.8 Å². The Hall–Kier alpha value is -2.93. The molecule has 0 unspecified atom stereocenters. The Balaban J connectivity index is 1.80. The van der Waals surface area contributed by atoms with Crippen molar-refractivity contribution in [2.75, 3.05) is 0 Å². The quantitative estimate of drug-likeness (QED) is 0.569. The highest BCUT2D eigenvalue weighted by Crippen LogP contribution is 2.21. The van der Waals surface area contributed by atoms with Crippen molar-refractivity contribution in [3.8, 4) is 5.69 Å². The predicted octanol–water partition coefficient (Wildman–Crippen LogP) is 2.32. The van der Waals surface area contributed by atoms with Crippen LogP contribution >= 0.6 is 11.6 Å². The Morgan fingerprint density at radius 2 is 2.13 bits per heavy atom. The minimum absolute atomic E-state index is 0.324. The zero-order valence-electron chi connectivity index (χ0n) is 12.2. The maximum atomic E-state index is 11.7. The highest BCUT2D eigenvalue weighted by molar-refractivity contribution is 6.32. The SMILES string of the molecule is Cc1nn(-c2ccccc2)c(Cl)c1C=NNC(=O)c1ccn[nH]1. The largest absolute Gasteiger partial charge is 0.289 e. The molecule has 3 aromatic rings. The van der Waals surface area contributed by atoms with Crippen LogP contribution in [0.15, 0.2) is 47.7 Å². The van der Waals surface area contributed by atoms with Gasteiger partial charge in [-0.15, -0.1) is 0 Å². The Bertz CT molecular complexity index is 838. The number of rotatable bonds is 4. The third kappa shape index (κ3) is 3.14. The van der Waals surface area contributed by atoms with E-state index in [0.29, 0.717) is 22.1 Å². The van der Waals surface area contributed by atoms with E-state index in [0.717, 1.165) is 5.69 Å². The summed E-state index contributed by atoms with van der Waals surface area (Å²) in [6, 6.07) is 11.1. The number of aryl methyl sites for hydroxylation is 1. The molecular weight excluding hydrogens is 316 g/mol. The predicted molar refractivity (Wildman–Crippen MR) is 87.0 cm³/mol. The molecule has 1 amide bonds. The molecule has 1 aromatic carbocycles. The van der Waals surface area contributed by atoms with E-state index in [4.69, 9.17) is 11.6 Å². The topological polar surface area (TPSA) is 88.0 Å². The zero-order chi connectivity index (χ0) is 16.2. The minimum Gasteiger partial charge on any atom is -0.273 e. The Kier molecular flexibility index (Phi) is 4.20. The van der Waals surface area contributed by atoms with Gasteiger partial charge in [0.15, 0.2) is 0 Å². The first-order chi connectivity index (χ1) is 11.2. The van der Waals surface area contributed by atoms with Gasteiger partial charge in [0.05, 0.1) is 23.2 Å². The van der Waals surface area contributed by atoms with Crippen molar-refractivity contribution in [3.05, 3.63) is 64.7 Å². The summed E-state index contributed by atoms with van der Waals surface area (Å²) in [7, 11) is 0. The van der Waals surface area contributed by atoms with Crippen molar-refractivity contribution in [1.82, 2.24) is 25.4 Å². The van der Waals surface area contributed by atoms with Gasteiger partial charge in [-0.3, -0.25) is 9.89 Å². The zero-order valence-corrected chi connectivity index (χ0v) is 12.9. The summed E-state index contributed by atoms with van der Waals surface area (Å²) in [6.45, 7) is 1.82. The third-order valence-corrected chi connectivity index (χ3v) is 3.52. The van der Waals surface area contributed by atoms with Crippen LogP contribution < -0.4 is 5.43 Å². The van der Waals surface area contributed by atoms with Crippen LogP contribution in [-0.2, 0) is 0 Å². The summed E-state index contributed by atoms with van der Waals surface area (Å²) in [4.78, 5) is 11.7. The van der Waals surface area contributed by atoms with Crippen LogP contribution in [0.25, 0.3) is 5.69 Å². The Morgan fingerprint density at radius 1 is 1.35 bits per heavy atom. The van der Waals surface area contributed by atoms with Crippen LogP contribution in [0.3, 0.4) is 0 Å². The van der Waals surface area contributed by atoms with E-state index in [-0.39, 0.29) is 5.91 Å². The number of carbonyl (C=O) groups is 1. The summed E-state index contributed by atoms with van der Waals surface area (Å²) in [6.07, 6.45) is 2.96. The fourth-order valence-corrected chi connectivity index (χ4v) is 2.32. The van der Waals surface area contributed by atoms with E-state index in [1.54, 1.807) is 10.7 Å². The maximum absolute atomic E-state index is 11.7. The van der Waals surface area contributed by atoms with Crippen LogP contribution in [0.2, 0.25) is 5.15 Å². The Labute approximate surface area is 137 Å². The molecule has 0 atom stereocenters. The molecule has 116 valence electrons. The number of carbonyl (C=O) groups excluding carboxylic acids is 1. The van der Waals surface area contributed by atoms with Gasteiger partial charge in [-0.2, -0.15) is 15.3 Å². The number of hydrogen-bond donors (Lipinski definition) is 2. The molecule has 23 heavy (non-hydrogen) atoms. The van der Waals surface area contributed by atoms with Gasteiger partial charge in [-0.1, -0.05) is 29.8 Å². The fourth-order valence-electron chi connectivity index (χ4n) is 2.00. The molecule has 0 fully saturated rings. The smallest absolute Gasteiger partial charge is 0.273 e. The van der Waals surface area contributed by atoms with Crippen molar-refractivity contribution < 1.29 is 4.79 Å². The minimum atomic E-state index is -0.386. The number of hydrazone groups is 1. The van der Waals surface area contributed by atoms with Crippen LogP contribution in [0.5, 0.6) is 0 Å². The van der Waals surface area contributed by atoms with Crippen LogP contribution in [0.1, 0.15) is 21.7 Å². The average molecular weight is 329 g/mol. The fraction of sp³-hybridized carbons (Fsp3) is 0.0667. The number of H-pyrrole nitrogens is 1. The molecular formula is C15H13ClN6O. The highest BCUT2D eigenvalue weighted by atomic mass is 35.5. The number of hydrogen-bond acceptors (Lipinski definition) is 4. The lowest BCUT2D eigenvalue weighted by Crippen LogP contribution is -2.18. The second-order valence-electron chi connectivity index (χ2n) is 4.71. The average Bonchev–Trinajstić information content (AvgIpc) is 3.19. The summed E-state index contributed by atoms with van der Waals surface area (Å²) < 4.78 is 1.62. The molecule has 0 aliphatic heterocycles. The van der Waals surface area contributed by atoms with Gasteiger partial charge in [0.25, 0.3) is 5.91 Å². The molecule has 0 aliphatic carbocycles. The lowest BCUT2D eigenvalue weighted by atomic mass is 10.3. The molecule has 0 saturated heterocycles.